The predicted molar refractivity (Wildman–Crippen MR) is 69.7 cm³/mol. The number of ether oxygens (including phenoxy) is 1. The van der Waals surface area contributed by atoms with E-state index in [4.69, 9.17) is 22.1 Å². The number of benzene rings is 1. The van der Waals surface area contributed by atoms with Gasteiger partial charge < -0.3 is 15.4 Å². The van der Waals surface area contributed by atoms with Crippen LogP contribution in [-0.4, -0.2) is 26.1 Å². The van der Waals surface area contributed by atoms with Gasteiger partial charge in [-0.3, -0.25) is 4.79 Å². The van der Waals surface area contributed by atoms with E-state index in [1.54, 1.807) is 24.1 Å². The van der Waals surface area contributed by atoms with E-state index in [2.05, 4.69) is 0 Å². The summed E-state index contributed by atoms with van der Waals surface area (Å²) in [6, 6.07) is 5.27. The van der Waals surface area contributed by atoms with E-state index in [0.717, 1.165) is 5.69 Å². The average molecular weight is 257 g/mol. The molecule has 0 heterocycles. The van der Waals surface area contributed by atoms with Crippen LogP contribution in [0.1, 0.15) is 13.3 Å². The lowest BCUT2D eigenvalue weighted by Crippen LogP contribution is -2.32. The SMILES string of the molecule is CCN(C(=O)CCN)c1ccc(OC)c(Cl)c1. The summed E-state index contributed by atoms with van der Waals surface area (Å²) in [6.07, 6.45) is 0.331. The van der Waals surface area contributed by atoms with Crippen molar-refractivity contribution in [2.75, 3.05) is 25.1 Å². The fourth-order valence-corrected chi connectivity index (χ4v) is 1.84. The van der Waals surface area contributed by atoms with E-state index in [1.807, 2.05) is 13.0 Å². The molecule has 1 amide bonds. The Morgan fingerprint density at radius 1 is 1.53 bits per heavy atom. The van der Waals surface area contributed by atoms with Crippen molar-refractivity contribution < 1.29 is 9.53 Å². The molecule has 1 aromatic rings. The van der Waals surface area contributed by atoms with Gasteiger partial charge in [0.2, 0.25) is 5.91 Å². The molecule has 0 aliphatic carbocycles. The zero-order chi connectivity index (χ0) is 12.8. The third kappa shape index (κ3) is 3.35. The Bertz CT molecular complexity index is 396. The molecule has 1 rings (SSSR count). The van der Waals surface area contributed by atoms with E-state index in [-0.39, 0.29) is 5.91 Å². The minimum absolute atomic E-state index is 0.00349. The Kier molecular flexibility index (Phi) is 5.25. The molecule has 0 saturated heterocycles. The second-order valence-corrected chi connectivity index (χ2v) is 3.90. The van der Waals surface area contributed by atoms with Gasteiger partial charge in [-0.15, -0.1) is 0 Å². The molecular weight excluding hydrogens is 240 g/mol. The van der Waals surface area contributed by atoms with Gasteiger partial charge in [-0.25, -0.2) is 0 Å². The average Bonchev–Trinajstić information content (AvgIpc) is 2.30. The van der Waals surface area contributed by atoms with Crippen LogP contribution in [0, 0.1) is 0 Å². The second kappa shape index (κ2) is 6.47. The van der Waals surface area contributed by atoms with Gasteiger partial charge in [-0.05, 0) is 25.1 Å². The molecule has 0 aliphatic heterocycles. The van der Waals surface area contributed by atoms with Gasteiger partial charge >= 0.3 is 0 Å². The highest BCUT2D eigenvalue weighted by atomic mass is 35.5. The molecule has 2 N–H and O–H groups in total. The minimum atomic E-state index is -0.00349. The topological polar surface area (TPSA) is 55.6 Å². The number of carbonyl (C=O) groups is 1. The highest BCUT2D eigenvalue weighted by Gasteiger charge is 2.14. The quantitative estimate of drug-likeness (QED) is 0.877. The molecule has 0 fully saturated rings. The molecule has 4 nitrogen and oxygen atoms in total. The van der Waals surface area contributed by atoms with Crippen LogP contribution >= 0.6 is 11.6 Å². The summed E-state index contributed by atoms with van der Waals surface area (Å²) in [5, 5.41) is 0.490. The van der Waals surface area contributed by atoms with Gasteiger partial charge in [0.25, 0.3) is 0 Å². The monoisotopic (exact) mass is 256 g/mol. The third-order valence-electron chi connectivity index (χ3n) is 2.42. The lowest BCUT2D eigenvalue weighted by atomic mass is 10.2. The highest BCUT2D eigenvalue weighted by molar-refractivity contribution is 6.32. The Morgan fingerprint density at radius 3 is 2.71 bits per heavy atom. The van der Waals surface area contributed by atoms with Crippen molar-refractivity contribution in [1.29, 1.82) is 0 Å². The Labute approximate surface area is 106 Å². The number of hydrogen-bond acceptors (Lipinski definition) is 3. The van der Waals surface area contributed by atoms with Crippen LogP contribution in [-0.2, 0) is 4.79 Å². The van der Waals surface area contributed by atoms with E-state index in [0.29, 0.717) is 30.3 Å². The Hall–Kier alpha value is -1.26. The number of nitrogens with zero attached hydrogens (tertiary/aromatic N) is 1. The zero-order valence-electron chi connectivity index (χ0n) is 10.1. The maximum atomic E-state index is 11.8. The first-order chi connectivity index (χ1) is 8.13. The summed E-state index contributed by atoms with van der Waals surface area (Å²) in [5.74, 6) is 0.592. The molecule has 94 valence electrons. The molecule has 0 aliphatic rings. The number of carbonyl (C=O) groups excluding carboxylic acids is 1. The number of anilines is 1. The fourth-order valence-electron chi connectivity index (χ4n) is 1.58. The first-order valence-electron chi connectivity index (χ1n) is 5.48. The van der Waals surface area contributed by atoms with Crippen LogP contribution in [0.5, 0.6) is 5.75 Å². The van der Waals surface area contributed by atoms with E-state index in [1.165, 1.54) is 0 Å². The molecule has 0 aromatic heterocycles. The number of methoxy groups -OCH3 is 1. The second-order valence-electron chi connectivity index (χ2n) is 3.50. The molecular formula is C12H17ClN2O2. The lowest BCUT2D eigenvalue weighted by molar-refractivity contribution is -0.118. The Morgan fingerprint density at radius 2 is 2.24 bits per heavy atom. The first-order valence-corrected chi connectivity index (χ1v) is 5.85. The first kappa shape index (κ1) is 13.8. The Balaban J connectivity index is 2.96. The summed E-state index contributed by atoms with van der Waals surface area (Å²) in [7, 11) is 1.55. The van der Waals surface area contributed by atoms with Crippen LogP contribution in [0.25, 0.3) is 0 Å². The van der Waals surface area contributed by atoms with Gasteiger partial charge in [0.1, 0.15) is 5.75 Å². The number of halogens is 1. The summed E-state index contributed by atoms with van der Waals surface area (Å²) in [5.41, 5.74) is 6.14. The lowest BCUT2D eigenvalue weighted by Gasteiger charge is -2.21. The highest BCUT2D eigenvalue weighted by Crippen LogP contribution is 2.29. The molecule has 0 spiro atoms. The molecule has 0 unspecified atom stereocenters. The molecule has 0 radical (unpaired) electrons. The number of hydrogen-bond donors (Lipinski definition) is 1. The van der Waals surface area contributed by atoms with Crippen molar-refractivity contribution in [2.24, 2.45) is 5.73 Å². The molecule has 0 atom stereocenters. The van der Waals surface area contributed by atoms with Crippen molar-refractivity contribution in [3.8, 4) is 5.75 Å². The zero-order valence-corrected chi connectivity index (χ0v) is 10.8. The molecule has 1 aromatic carbocycles. The van der Waals surface area contributed by atoms with Crippen LogP contribution in [0.15, 0.2) is 18.2 Å². The summed E-state index contributed by atoms with van der Waals surface area (Å²) < 4.78 is 5.07. The van der Waals surface area contributed by atoms with Gasteiger partial charge in [-0.2, -0.15) is 0 Å². The summed E-state index contributed by atoms with van der Waals surface area (Å²) >= 11 is 6.02. The normalized spacial score (nSPS) is 10.1. The molecule has 0 bridgehead atoms. The number of rotatable bonds is 5. The fraction of sp³-hybridized carbons (Fsp3) is 0.417. The van der Waals surface area contributed by atoms with Gasteiger partial charge in [0.15, 0.2) is 0 Å². The van der Waals surface area contributed by atoms with E-state index < -0.39 is 0 Å². The molecule has 0 saturated carbocycles. The van der Waals surface area contributed by atoms with Crippen molar-refractivity contribution in [1.82, 2.24) is 0 Å². The predicted octanol–water partition coefficient (Wildman–Crippen LogP) is 2.05. The van der Waals surface area contributed by atoms with Crippen molar-refractivity contribution >= 4 is 23.2 Å². The summed E-state index contributed by atoms with van der Waals surface area (Å²) in [4.78, 5) is 13.5. The van der Waals surface area contributed by atoms with Crippen LogP contribution in [0.3, 0.4) is 0 Å². The van der Waals surface area contributed by atoms with Gasteiger partial charge in [-0.1, -0.05) is 11.6 Å². The molecule has 5 heteroatoms. The largest absolute Gasteiger partial charge is 0.495 e. The van der Waals surface area contributed by atoms with Crippen LogP contribution < -0.4 is 15.4 Å². The smallest absolute Gasteiger partial charge is 0.228 e. The summed E-state index contributed by atoms with van der Waals surface area (Å²) in [6.45, 7) is 2.84. The standard InChI is InChI=1S/C12H17ClN2O2/c1-3-15(12(16)6-7-14)9-4-5-11(17-2)10(13)8-9/h4-5,8H,3,6-7,14H2,1-2H3. The van der Waals surface area contributed by atoms with Crippen molar-refractivity contribution in [3.63, 3.8) is 0 Å². The number of nitrogens with two attached hydrogens (primary N) is 1. The number of amides is 1. The van der Waals surface area contributed by atoms with E-state index >= 15 is 0 Å². The van der Waals surface area contributed by atoms with Crippen molar-refractivity contribution in [3.05, 3.63) is 23.2 Å². The van der Waals surface area contributed by atoms with Crippen molar-refractivity contribution in [2.45, 2.75) is 13.3 Å². The minimum Gasteiger partial charge on any atom is -0.495 e. The molecule has 17 heavy (non-hydrogen) atoms. The van der Waals surface area contributed by atoms with Gasteiger partial charge in [0.05, 0.1) is 12.1 Å². The van der Waals surface area contributed by atoms with E-state index in [9.17, 15) is 4.79 Å². The van der Waals surface area contributed by atoms with Crippen LogP contribution in [0.4, 0.5) is 5.69 Å². The van der Waals surface area contributed by atoms with Crippen LogP contribution in [0.2, 0.25) is 5.02 Å². The van der Waals surface area contributed by atoms with Gasteiger partial charge in [0, 0.05) is 25.2 Å². The third-order valence-corrected chi connectivity index (χ3v) is 2.72. The maximum Gasteiger partial charge on any atom is 0.228 e. The maximum absolute atomic E-state index is 11.8.